The summed E-state index contributed by atoms with van der Waals surface area (Å²) in [4.78, 5) is 28.8. The number of carbonyl (C=O) groups is 2. The Labute approximate surface area is 247 Å². The van der Waals surface area contributed by atoms with E-state index >= 15 is 8.78 Å². The Bertz CT molecular complexity index is 1580. The highest BCUT2D eigenvalue weighted by molar-refractivity contribution is 14.1. The SMILES string of the molecule is CNS(=O)(=O)Nc1nccc(Cc2cc(C(=O)NNC(=O)OC(C)(C)C)c(Nc3ccc(I)cc3F)cc2F)c1F. The van der Waals surface area contributed by atoms with E-state index in [0.29, 0.717) is 3.57 Å². The third kappa shape index (κ3) is 8.92. The second-order valence-electron chi connectivity index (χ2n) is 9.44. The summed E-state index contributed by atoms with van der Waals surface area (Å²) in [6.07, 6.45) is -0.272. The quantitative estimate of drug-likeness (QED) is 0.171. The summed E-state index contributed by atoms with van der Waals surface area (Å²) in [7, 11) is -2.98. The van der Waals surface area contributed by atoms with Crippen molar-refractivity contribution in [1.29, 1.82) is 0 Å². The number of amides is 2. The molecule has 3 aromatic rings. The van der Waals surface area contributed by atoms with Gasteiger partial charge in [-0.1, -0.05) is 0 Å². The van der Waals surface area contributed by atoms with Gasteiger partial charge in [0.1, 0.15) is 17.2 Å². The number of carbonyl (C=O) groups excluding carboxylic acids is 2. The lowest BCUT2D eigenvalue weighted by molar-refractivity contribution is 0.0483. The predicted molar refractivity (Wildman–Crippen MR) is 154 cm³/mol. The molecule has 2 amide bonds. The molecule has 0 unspecified atom stereocenters. The average Bonchev–Trinajstić information content (AvgIpc) is 2.87. The van der Waals surface area contributed by atoms with E-state index in [9.17, 15) is 22.4 Å². The third-order valence-electron chi connectivity index (χ3n) is 5.16. The first kappa shape index (κ1) is 31.9. The molecule has 0 fully saturated rings. The van der Waals surface area contributed by atoms with Gasteiger partial charge in [-0.2, -0.15) is 8.42 Å². The van der Waals surface area contributed by atoms with Gasteiger partial charge in [-0.3, -0.25) is 14.9 Å². The molecule has 0 aliphatic rings. The molecule has 41 heavy (non-hydrogen) atoms. The van der Waals surface area contributed by atoms with E-state index in [1.807, 2.05) is 32.0 Å². The lowest BCUT2D eigenvalue weighted by Crippen LogP contribution is -2.44. The number of ether oxygens (including phenoxy) is 1. The molecule has 0 radical (unpaired) electrons. The molecule has 0 atom stereocenters. The van der Waals surface area contributed by atoms with Gasteiger partial charge < -0.3 is 10.1 Å². The van der Waals surface area contributed by atoms with E-state index in [1.54, 1.807) is 26.8 Å². The molecule has 11 nitrogen and oxygen atoms in total. The van der Waals surface area contributed by atoms with Crippen molar-refractivity contribution >= 4 is 62.0 Å². The van der Waals surface area contributed by atoms with Gasteiger partial charge in [-0.15, -0.1) is 0 Å². The summed E-state index contributed by atoms with van der Waals surface area (Å²) in [5.41, 5.74) is 2.59. The maximum atomic E-state index is 15.3. The van der Waals surface area contributed by atoms with Crippen LogP contribution in [0.1, 0.15) is 42.3 Å². The van der Waals surface area contributed by atoms with Gasteiger partial charge in [0.25, 0.3) is 16.1 Å². The van der Waals surface area contributed by atoms with Gasteiger partial charge >= 0.3 is 6.09 Å². The van der Waals surface area contributed by atoms with Crippen LogP contribution in [0.2, 0.25) is 0 Å². The maximum absolute atomic E-state index is 15.3. The second-order valence-corrected chi connectivity index (χ2v) is 12.3. The van der Waals surface area contributed by atoms with Crippen LogP contribution in [0.3, 0.4) is 0 Å². The van der Waals surface area contributed by atoms with Crippen LogP contribution in [0.15, 0.2) is 42.6 Å². The van der Waals surface area contributed by atoms with Crippen molar-refractivity contribution in [2.24, 2.45) is 0 Å². The summed E-state index contributed by atoms with van der Waals surface area (Å²) < 4.78 is 78.0. The lowest BCUT2D eigenvalue weighted by atomic mass is 10.0. The van der Waals surface area contributed by atoms with Crippen molar-refractivity contribution in [2.75, 3.05) is 17.1 Å². The normalized spacial score (nSPS) is 11.5. The summed E-state index contributed by atoms with van der Waals surface area (Å²) in [6.45, 7) is 4.85. The molecule has 5 N–H and O–H groups in total. The molecule has 0 aliphatic heterocycles. The van der Waals surface area contributed by atoms with E-state index in [1.165, 1.54) is 18.2 Å². The van der Waals surface area contributed by atoms with Gasteiger partial charge in [0.15, 0.2) is 11.6 Å². The molecule has 220 valence electrons. The highest BCUT2D eigenvalue weighted by atomic mass is 127. The zero-order valence-electron chi connectivity index (χ0n) is 22.2. The standard InChI is InChI=1S/C25H26F3IN6O5S/c1-25(2,3)40-24(37)34-33-23(36)16-10-14(9-13-7-8-31-22(21(13)28)35-41(38,39)30-4)17(26)12-20(16)32-19-6-5-15(29)11-18(19)27/h5-8,10-12,30,32H,9H2,1-4H3,(H,31,35)(H,33,36)(H,34,37). The van der Waals surface area contributed by atoms with Crippen molar-refractivity contribution in [3.8, 4) is 0 Å². The number of nitrogens with one attached hydrogen (secondary N) is 5. The molecule has 0 aliphatic carbocycles. The molecule has 1 aromatic heterocycles. The van der Waals surface area contributed by atoms with Crippen LogP contribution in [0.5, 0.6) is 0 Å². The molecular formula is C25H26F3IN6O5S. The van der Waals surface area contributed by atoms with E-state index in [-0.39, 0.29) is 28.1 Å². The monoisotopic (exact) mass is 706 g/mol. The highest BCUT2D eigenvalue weighted by Gasteiger charge is 2.22. The fraction of sp³-hybridized carbons (Fsp3) is 0.240. The number of nitrogens with zero attached hydrogens (tertiary/aromatic N) is 1. The number of hydrogen-bond acceptors (Lipinski definition) is 7. The maximum Gasteiger partial charge on any atom is 0.426 e. The number of aromatic nitrogens is 1. The number of benzene rings is 2. The number of anilines is 3. The average molecular weight is 706 g/mol. The first-order valence-electron chi connectivity index (χ1n) is 11.8. The Hall–Kier alpha value is -3.64. The zero-order chi connectivity index (χ0) is 30.5. The molecule has 3 rings (SSSR count). The van der Waals surface area contributed by atoms with E-state index < -0.39 is 57.5 Å². The predicted octanol–water partition coefficient (Wildman–Crippen LogP) is 4.48. The van der Waals surface area contributed by atoms with Crippen LogP contribution in [0, 0.1) is 21.0 Å². The van der Waals surface area contributed by atoms with Crippen molar-refractivity contribution in [3.05, 3.63) is 80.3 Å². The zero-order valence-corrected chi connectivity index (χ0v) is 25.1. The third-order valence-corrected chi connectivity index (χ3v) is 6.83. The van der Waals surface area contributed by atoms with E-state index in [4.69, 9.17) is 4.74 Å². The number of hydrazine groups is 1. The topological polar surface area (TPSA) is 151 Å². The van der Waals surface area contributed by atoms with Crippen molar-refractivity contribution in [1.82, 2.24) is 20.6 Å². The van der Waals surface area contributed by atoms with Gasteiger partial charge in [-0.05, 0) is 90.9 Å². The summed E-state index contributed by atoms with van der Waals surface area (Å²) in [6, 6.07) is 7.42. The minimum atomic E-state index is -4.09. The molecule has 2 aromatic carbocycles. The number of halogens is 4. The van der Waals surface area contributed by atoms with Crippen LogP contribution in [0.25, 0.3) is 0 Å². The molecular weight excluding hydrogens is 680 g/mol. The molecule has 1 heterocycles. The Morgan fingerprint density at radius 1 is 0.976 bits per heavy atom. The summed E-state index contributed by atoms with van der Waals surface area (Å²) in [5, 5.41) is 2.67. The fourth-order valence-electron chi connectivity index (χ4n) is 3.33. The van der Waals surface area contributed by atoms with E-state index in [0.717, 1.165) is 25.4 Å². The minimum Gasteiger partial charge on any atom is -0.443 e. The first-order valence-corrected chi connectivity index (χ1v) is 14.3. The summed E-state index contributed by atoms with van der Waals surface area (Å²) in [5.74, 6) is -4.17. The van der Waals surface area contributed by atoms with Crippen LogP contribution < -0.4 is 25.6 Å². The van der Waals surface area contributed by atoms with Crippen LogP contribution in [0.4, 0.5) is 35.2 Å². The van der Waals surface area contributed by atoms with Gasteiger partial charge in [0.2, 0.25) is 0 Å². The molecule has 0 spiro atoms. The van der Waals surface area contributed by atoms with Gasteiger partial charge in [-0.25, -0.2) is 33.1 Å². The van der Waals surface area contributed by atoms with Crippen molar-refractivity contribution in [3.63, 3.8) is 0 Å². The second kappa shape index (κ2) is 12.9. The minimum absolute atomic E-state index is 0.0617. The Balaban J connectivity index is 1.99. The van der Waals surface area contributed by atoms with Crippen LogP contribution in [-0.4, -0.2) is 38.1 Å². The molecule has 16 heteroatoms. The van der Waals surface area contributed by atoms with E-state index in [2.05, 4.69) is 21.2 Å². The fourth-order valence-corrected chi connectivity index (χ4v) is 4.29. The molecule has 0 saturated carbocycles. The lowest BCUT2D eigenvalue weighted by Gasteiger charge is -2.20. The Kier molecular flexibility index (Phi) is 10.0. The summed E-state index contributed by atoms with van der Waals surface area (Å²) >= 11 is 1.91. The number of hydrogen-bond donors (Lipinski definition) is 5. The van der Waals surface area contributed by atoms with Crippen LogP contribution >= 0.6 is 22.6 Å². The number of pyridine rings is 1. The largest absolute Gasteiger partial charge is 0.443 e. The number of rotatable bonds is 8. The van der Waals surface area contributed by atoms with Crippen LogP contribution in [-0.2, 0) is 21.4 Å². The van der Waals surface area contributed by atoms with Crippen molar-refractivity contribution in [2.45, 2.75) is 32.8 Å². The smallest absolute Gasteiger partial charge is 0.426 e. The van der Waals surface area contributed by atoms with Crippen molar-refractivity contribution < 1.29 is 35.9 Å². The Morgan fingerprint density at radius 2 is 1.68 bits per heavy atom. The molecule has 0 saturated heterocycles. The molecule has 0 bridgehead atoms. The van der Waals surface area contributed by atoms with Gasteiger partial charge in [0.05, 0.1) is 16.9 Å². The van der Waals surface area contributed by atoms with Gasteiger partial charge in [0, 0.05) is 23.2 Å². The first-order chi connectivity index (χ1) is 19.1. The Morgan fingerprint density at radius 3 is 2.32 bits per heavy atom. The highest BCUT2D eigenvalue weighted by Crippen LogP contribution is 2.29.